The SMILES string of the molecule is Cc1ccc(CN2CCCN(C(=O)[C@@H]3CCCN(C(=O)c4ccoc4)C3)CC2)cc1. The predicted octanol–water partition coefficient (Wildman–Crippen LogP) is 3.17. The smallest absolute Gasteiger partial charge is 0.257 e. The van der Waals surface area contributed by atoms with E-state index in [2.05, 4.69) is 36.1 Å². The van der Waals surface area contributed by atoms with Crippen LogP contribution in [0.1, 0.15) is 40.7 Å². The van der Waals surface area contributed by atoms with E-state index < -0.39 is 0 Å². The summed E-state index contributed by atoms with van der Waals surface area (Å²) in [4.78, 5) is 32.1. The molecule has 2 fully saturated rings. The van der Waals surface area contributed by atoms with Crippen molar-refractivity contribution in [2.45, 2.75) is 32.7 Å². The van der Waals surface area contributed by atoms with Gasteiger partial charge in [-0.3, -0.25) is 14.5 Å². The number of amides is 2. The van der Waals surface area contributed by atoms with Crippen molar-refractivity contribution in [3.63, 3.8) is 0 Å². The Morgan fingerprint density at radius 2 is 1.77 bits per heavy atom. The van der Waals surface area contributed by atoms with Gasteiger partial charge in [0.05, 0.1) is 17.7 Å². The summed E-state index contributed by atoms with van der Waals surface area (Å²) in [6.07, 6.45) is 5.71. The molecule has 0 aliphatic carbocycles. The Morgan fingerprint density at radius 1 is 0.967 bits per heavy atom. The summed E-state index contributed by atoms with van der Waals surface area (Å²) in [6.45, 7) is 7.71. The molecule has 0 unspecified atom stereocenters. The first-order valence-corrected chi connectivity index (χ1v) is 11.0. The molecule has 0 bridgehead atoms. The molecule has 2 aliphatic rings. The molecule has 0 radical (unpaired) electrons. The van der Waals surface area contributed by atoms with Gasteiger partial charge < -0.3 is 14.2 Å². The first kappa shape index (κ1) is 20.7. The van der Waals surface area contributed by atoms with Crippen molar-refractivity contribution in [3.05, 3.63) is 59.5 Å². The monoisotopic (exact) mass is 409 g/mol. The van der Waals surface area contributed by atoms with Gasteiger partial charge in [-0.15, -0.1) is 0 Å². The van der Waals surface area contributed by atoms with Crippen LogP contribution in [0.4, 0.5) is 0 Å². The van der Waals surface area contributed by atoms with E-state index in [0.717, 1.165) is 52.0 Å². The fraction of sp³-hybridized carbons (Fsp3) is 0.500. The zero-order valence-corrected chi connectivity index (χ0v) is 17.8. The van der Waals surface area contributed by atoms with Gasteiger partial charge in [0.15, 0.2) is 0 Å². The van der Waals surface area contributed by atoms with Gasteiger partial charge in [0.1, 0.15) is 6.26 Å². The molecule has 30 heavy (non-hydrogen) atoms. The van der Waals surface area contributed by atoms with Gasteiger partial charge in [-0.05, 0) is 37.8 Å². The number of hydrogen-bond acceptors (Lipinski definition) is 4. The summed E-state index contributed by atoms with van der Waals surface area (Å²) in [7, 11) is 0. The molecule has 0 N–H and O–H groups in total. The number of piperidine rings is 1. The molecule has 1 aromatic heterocycles. The third-order valence-electron chi connectivity index (χ3n) is 6.25. The Kier molecular flexibility index (Phi) is 6.53. The van der Waals surface area contributed by atoms with E-state index in [4.69, 9.17) is 4.42 Å². The van der Waals surface area contributed by atoms with Crippen molar-refractivity contribution in [1.29, 1.82) is 0 Å². The van der Waals surface area contributed by atoms with Crippen LogP contribution in [0.15, 0.2) is 47.3 Å². The maximum absolute atomic E-state index is 13.2. The van der Waals surface area contributed by atoms with E-state index in [1.807, 2.05) is 4.90 Å². The number of carbonyl (C=O) groups excluding carboxylic acids is 2. The molecular formula is C24H31N3O3. The van der Waals surface area contributed by atoms with Crippen LogP contribution < -0.4 is 0 Å². The fourth-order valence-corrected chi connectivity index (χ4v) is 4.49. The van der Waals surface area contributed by atoms with Crippen LogP contribution in [0, 0.1) is 12.8 Å². The second kappa shape index (κ2) is 9.47. The Hall–Kier alpha value is -2.60. The standard InChI is InChI=1S/C24H31N3O3/c1-19-5-7-20(8-6-19)16-25-10-3-12-26(14-13-25)23(28)21-4-2-11-27(17-21)24(29)22-9-15-30-18-22/h5-9,15,18,21H,2-4,10-14,16-17H2,1H3/t21-/m1/s1. The summed E-state index contributed by atoms with van der Waals surface area (Å²) < 4.78 is 5.04. The molecule has 1 aromatic carbocycles. The van der Waals surface area contributed by atoms with Crippen LogP contribution in [-0.2, 0) is 11.3 Å². The molecule has 2 amide bonds. The first-order chi connectivity index (χ1) is 14.6. The minimum absolute atomic E-state index is 0.0404. The Balaban J connectivity index is 1.32. The maximum atomic E-state index is 13.2. The highest BCUT2D eigenvalue weighted by Gasteiger charge is 2.32. The number of hydrogen-bond donors (Lipinski definition) is 0. The van der Waals surface area contributed by atoms with Crippen molar-refractivity contribution in [3.8, 4) is 0 Å². The van der Waals surface area contributed by atoms with Gasteiger partial charge in [0.2, 0.25) is 5.91 Å². The normalized spacial score (nSPS) is 20.8. The minimum Gasteiger partial charge on any atom is -0.472 e. The highest BCUT2D eigenvalue weighted by molar-refractivity contribution is 5.94. The lowest BCUT2D eigenvalue weighted by Gasteiger charge is -2.34. The van der Waals surface area contributed by atoms with Gasteiger partial charge in [-0.25, -0.2) is 0 Å². The molecule has 2 aromatic rings. The lowest BCUT2D eigenvalue weighted by Crippen LogP contribution is -2.47. The van der Waals surface area contributed by atoms with Crippen molar-refractivity contribution >= 4 is 11.8 Å². The first-order valence-electron chi connectivity index (χ1n) is 11.0. The molecule has 4 rings (SSSR count). The molecule has 160 valence electrons. The second-order valence-electron chi connectivity index (χ2n) is 8.54. The molecule has 6 heteroatoms. The van der Waals surface area contributed by atoms with Gasteiger partial charge in [-0.2, -0.15) is 0 Å². The molecule has 0 spiro atoms. The van der Waals surface area contributed by atoms with Crippen molar-refractivity contribution in [1.82, 2.24) is 14.7 Å². The van der Waals surface area contributed by atoms with Gasteiger partial charge in [0.25, 0.3) is 5.91 Å². The predicted molar refractivity (Wildman–Crippen MR) is 115 cm³/mol. The number of furan rings is 1. The Bertz CT molecular complexity index is 847. The largest absolute Gasteiger partial charge is 0.472 e. The lowest BCUT2D eigenvalue weighted by atomic mass is 9.96. The summed E-state index contributed by atoms with van der Waals surface area (Å²) in [6, 6.07) is 10.4. The summed E-state index contributed by atoms with van der Waals surface area (Å²) >= 11 is 0. The zero-order chi connectivity index (χ0) is 20.9. The maximum Gasteiger partial charge on any atom is 0.257 e. The number of carbonyl (C=O) groups is 2. The summed E-state index contributed by atoms with van der Waals surface area (Å²) in [5, 5.41) is 0. The number of likely N-dealkylation sites (tertiary alicyclic amines) is 1. The summed E-state index contributed by atoms with van der Waals surface area (Å²) in [5.74, 6) is 0.0662. The average molecular weight is 410 g/mol. The lowest BCUT2D eigenvalue weighted by molar-refractivity contribution is -0.136. The van der Waals surface area contributed by atoms with Crippen LogP contribution in [0.3, 0.4) is 0 Å². The van der Waals surface area contributed by atoms with Crippen LogP contribution in [0.5, 0.6) is 0 Å². The number of aryl methyl sites for hydroxylation is 1. The van der Waals surface area contributed by atoms with Gasteiger partial charge >= 0.3 is 0 Å². The molecule has 6 nitrogen and oxygen atoms in total. The van der Waals surface area contributed by atoms with Crippen LogP contribution >= 0.6 is 0 Å². The van der Waals surface area contributed by atoms with Gasteiger partial charge in [0, 0.05) is 45.8 Å². The third-order valence-corrected chi connectivity index (χ3v) is 6.25. The van der Waals surface area contributed by atoms with Crippen molar-refractivity contribution < 1.29 is 14.0 Å². The van der Waals surface area contributed by atoms with Crippen molar-refractivity contribution in [2.24, 2.45) is 5.92 Å². The third kappa shape index (κ3) is 4.93. The quantitative estimate of drug-likeness (QED) is 0.778. The molecule has 0 saturated carbocycles. The van der Waals surface area contributed by atoms with E-state index in [1.54, 1.807) is 11.0 Å². The number of rotatable bonds is 4. The minimum atomic E-state index is -0.0988. The Labute approximate surface area is 178 Å². The molecule has 3 heterocycles. The van der Waals surface area contributed by atoms with E-state index in [1.165, 1.54) is 23.7 Å². The molecule has 2 aliphatic heterocycles. The molecular weight excluding hydrogens is 378 g/mol. The average Bonchev–Trinajstić information content (AvgIpc) is 3.21. The fourth-order valence-electron chi connectivity index (χ4n) is 4.49. The van der Waals surface area contributed by atoms with Crippen molar-refractivity contribution in [2.75, 3.05) is 39.3 Å². The van der Waals surface area contributed by atoms with Crippen LogP contribution in [0.2, 0.25) is 0 Å². The highest BCUT2D eigenvalue weighted by Crippen LogP contribution is 2.22. The summed E-state index contributed by atoms with van der Waals surface area (Å²) in [5.41, 5.74) is 3.16. The van der Waals surface area contributed by atoms with E-state index in [-0.39, 0.29) is 17.7 Å². The molecule has 2 saturated heterocycles. The van der Waals surface area contributed by atoms with Crippen LogP contribution in [0.25, 0.3) is 0 Å². The topological polar surface area (TPSA) is 57.0 Å². The Morgan fingerprint density at radius 3 is 2.53 bits per heavy atom. The van der Waals surface area contributed by atoms with Gasteiger partial charge in [-0.1, -0.05) is 29.8 Å². The zero-order valence-electron chi connectivity index (χ0n) is 17.8. The second-order valence-corrected chi connectivity index (χ2v) is 8.54. The van der Waals surface area contributed by atoms with Crippen LogP contribution in [-0.4, -0.2) is 65.8 Å². The number of nitrogens with zero attached hydrogens (tertiary/aromatic N) is 3. The number of benzene rings is 1. The molecule has 1 atom stereocenters. The van der Waals surface area contributed by atoms with E-state index in [9.17, 15) is 9.59 Å². The van der Waals surface area contributed by atoms with E-state index >= 15 is 0 Å². The highest BCUT2D eigenvalue weighted by atomic mass is 16.3. The van der Waals surface area contributed by atoms with E-state index in [0.29, 0.717) is 18.7 Å².